The summed E-state index contributed by atoms with van der Waals surface area (Å²) < 4.78 is 5.42. The fraction of sp³-hybridized carbons (Fsp3) is 0.389. The molecule has 120 valence electrons. The topological polar surface area (TPSA) is 59.5 Å². The zero-order chi connectivity index (χ0) is 16.4. The third-order valence-electron chi connectivity index (χ3n) is 4.11. The average molecular weight is 312 g/mol. The van der Waals surface area contributed by atoms with Gasteiger partial charge in [-0.3, -0.25) is 9.78 Å². The minimum atomic E-state index is -0.771. The lowest BCUT2D eigenvalue weighted by molar-refractivity contribution is -0.138. The van der Waals surface area contributed by atoms with E-state index in [9.17, 15) is 9.59 Å². The van der Waals surface area contributed by atoms with E-state index in [4.69, 9.17) is 4.74 Å². The Bertz CT molecular complexity index is 751. The minimum Gasteiger partial charge on any atom is -0.449 e. The molecule has 1 amide bonds. The van der Waals surface area contributed by atoms with Gasteiger partial charge in [-0.25, -0.2) is 4.79 Å². The molecule has 0 N–H and O–H groups in total. The number of amides is 1. The number of ether oxygens (including phenoxy) is 1. The molecule has 0 unspecified atom stereocenters. The van der Waals surface area contributed by atoms with E-state index < -0.39 is 12.1 Å². The maximum absolute atomic E-state index is 12.5. The summed E-state index contributed by atoms with van der Waals surface area (Å²) in [6, 6.07) is 9.14. The molecule has 3 rings (SSSR count). The van der Waals surface area contributed by atoms with E-state index in [0.29, 0.717) is 5.56 Å². The van der Waals surface area contributed by atoms with Crippen LogP contribution in [0.3, 0.4) is 0 Å². The highest BCUT2D eigenvalue weighted by atomic mass is 16.5. The molecule has 23 heavy (non-hydrogen) atoms. The Morgan fingerprint density at radius 3 is 2.65 bits per heavy atom. The number of hydrogen-bond acceptors (Lipinski definition) is 4. The number of aryl methyl sites for hydroxylation is 1. The van der Waals surface area contributed by atoms with Crippen LogP contribution in [0.2, 0.25) is 0 Å². The number of benzene rings is 1. The van der Waals surface area contributed by atoms with Gasteiger partial charge in [-0.2, -0.15) is 0 Å². The van der Waals surface area contributed by atoms with Gasteiger partial charge in [-0.05, 0) is 38.8 Å². The summed E-state index contributed by atoms with van der Waals surface area (Å²) in [6.07, 6.45) is 1.26. The van der Waals surface area contributed by atoms with Crippen molar-refractivity contribution < 1.29 is 14.3 Å². The Kier molecular flexibility index (Phi) is 4.28. The number of nitrogens with zero attached hydrogens (tertiary/aromatic N) is 2. The van der Waals surface area contributed by atoms with Gasteiger partial charge in [0, 0.05) is 24.2 Å². The molecule has 1 atom stereocenters. The van der Waals surface area contributed by atoms with Crippen LogP contribution in [0.15, 0.2) is 30.3 Å². The standard InChI is InChI=1S/C18H20N2O3/c1-12-11-15(14-7-3-4-8-16(14)19-12)18(22)23-13(2)17(21)20-9-5-6-10-20/h3-4,7-8,11,13H,5-6,9-10H2,1-2H3/t13-/m1/s1. The molecule has 1 aromatic carbocycles. The maximum atomic E-state index is 12.5. The summed E-state index contributed by atoms with van der Waals surface area (Å²) in [5, 5.41) is 0.740. The van der Waals surface area contributed by atoms with Crippen molar-refractivity contribution >= 4 is 22.8 Å². The second kappa shape index (κ2) is 6.36. The lowest BCUT2D eigenvalue weighted by Crippen LogP contribution is -2.38. The number of carbonyl (C=O) groups excluding carboxylic acids is 2. The summed E-state index contributed by atoms with van der Waals surface area (Å²) in [6.45, 7) is 4.97. The Morgan fingerprint density at radius 1 is 1.22 bits per heavy atom. The van der Waals surface area contributed by atoms with Crippen molar-refractivity contribution in [3.63, 3.8) is 0 Å². The largest absolute Gasteiger partial charge is 0.449 e. The first-order valence-electron chi connectivity index (χ1n) is 7.92. The zero-order valence-electron chi connectivity index (χ0n) is 13.4. The molecule has 1 aromatic heterocycles. The highest BCUT2D eigenvalue weighted by Gasteiger charge is 2.26. The van der Waals surface area contributed by atoms with Crippen molar-refractivity contribution in [2.24, 2.45) is 0 Å². The Balaban J connectivity index is 1.81. The van der Waals surface area contributed by atoms with Crippen LogP contribution < -0.4 is 0 Å². The second-order valence-corrected chi connectivity index (χ2v) is 5.91. The first-order chi connectivity index (χ1) is 11.1. The van der Waals surface area contributed by atoms with Crippen molar-refractivity contribution in [1.82, 2.24) is 9.88 Å². The molecule has 0 radical (unpaired) electrons. The molecule has 5 nitrogen and oxygen atoms in total. The van der Waals surface area contributed by atoms with E-state index in [1.165, 1.54) is 0 Å². The summed E-state index contributed by atoms with van der Waals surface area (Å²) >= 11 is 0. The zero-order valence-corrected chi connectivity index (χ0v) is 13.4. The van der Waals surface area contributed by atoms with E-state index in [-0.39, 0.29) is 5.91 Å². The van der Waals surface area contributed by atoms with Crippen molar-refractivity contribution in [3.05, 3.63) is 41.6 Å². The van der Waals surface area contributed by atoms with Crippen LogP contribution in [-0.4, -0.2) is 41.0 Å². The van der Waals surface area contributed by atoms with Gasteiger partial charge in [-0.15, -0.1) is 0 Å². The molecule has 2 aromatic rings. The number of rotatable bonds is 3. The summed E-state index contributed by atoms with van der Waals surface area (Å²) in [4.78, 5) is 31.0. The molecule has 0 spiro atoms. The van der Waals surface area contributed by atoms with Crippen LogP contribution >= 0.6 is 0 Å². The minimum absolute atomic E-state index is 0.120. The molecular weight excluding hydrogens is 292 g/mol. The molecule has 0 saturated carbocycles. The van der Waals surface area contributed by atoms with Crippen molar-refractivity contribution in [2.75, 3.05) is 13.1 Å². The smallest absolute Gasteiger partial charge is 0.339 e. The van der Waals surface area contributed by atoms with Crippen LogP contribution in [-0.2, 0) is 9.53 Å². The first kappa shape index (κ1) is 15.5. The molecule has 0 aliphatic carbocycles. The summed E-state index contributed by atoms with van der Waals surface area (Å²) in [5.41, 5.74) is 1.95. The number of carbonyl (C=O) groups is 2. The number of fused-ring (bicyclic) bond motifs is 1. The molecular formula is C18H20N2O3. The predicted molar refractivity (Wildman–Crippen MR) is 87.2 cm³/mol. The first-order valence-corrected chi connectivity index (χ1v) is 7.92. The van der Waals surface area contributed by atoms with Crippen molar-refractivity contribution in [3.8, 4) is 0 Å². The summed E-state index contributed by atoms with van der Waals surface area (Å²) in [7, 11) is 0. The van der Waals surface area contributed by atoms with Crippen molar-refractivity contribution in [2.45, 2.75) is 32.8 Å². The van der Waals surface area contributed by atoms with Crippen LogP contribution in [0, 0.1) is 6.92 Å². The van der Waals surface area contributed by atoms with E-state index in [2.05, 4.69) is 4.98 Å². The molecule has 1 saturated heterocycles. The number of para-hydroxylation sites is 1. The third-order valence-corrected chi connectivity index (χ3v) is 4.11. The van der Waals surface area contributed by atoms with Gasteiger partial charge in [0.15, 0.2) is 6.10 Å². The SMILES string of the molecule is Cc1cc(C(=O)O[C@H](C)C(=O)N2CCCC2)c2ccccc2n1. The van der Waals surface area contributed by atoms with Gasteiger partial charge in [0.1, 0.15) is 0 Å². The highest BCUT2D eigenvalue weighted by Crippen LogP contribution is 2.20. The normalized spacial score (nSPS) is 15.7. The van der Waals surface area contributed by atoms with Gasteiger partial charge < -0.3 is 9.64 Å². The average Bonchev–Trinajstić information content (AvgIpc) is 3.07. The maximum Gasteiger partial charge on any atom is 0.339 e. The van der Waals surface area contributed by atoms with Crippen LogP contribution in [0.4, 0.5) is 0 Å². The van der Waals surface area contributed by atoms with Gasteiger partial charge in [0.2, 0.25) is 0 Å². The summed E-state index contributed by atoms with van der Waals surface area (Å²) in [5.74, 6) is -0.599. The number of aromatic nitrogens is 1. The molecule has 1 aliphatic rings. The Morgan fingerprint density at radius 2 is 1.91 bits per heavy atom. The monoisotopic (exact) mass is 312 g/mol. The Hall–Kier alpha value is -2.43. The van der Waals surface area contributed by atoms with E-state index in [0.717, 1.165) is 42.5 Å². The molecule has 1 fully saturated rings. The fourth-order valence-electron chi connectivity index (χ4n) is 2.95. The van der Waals surface area contributed by atoms with Gasteiger partial charge >= 0.3 is 5.97 Å². The fourth-order valence-corrected chi connectivity index (χ4v) is 2.95. The van der Waals surface area contributed by atoms with Crippen LogP contribution in [0.5, 0.6) is 0 Å². The van der Waals surface area contributed by atoms with E-state index in [1.807, 2.05) is 31.2 Å². The highest BCUT2D eigenvalue weighted by molar-refractivity contribution is 6.04. The molecule has 2 heterocycles. The lowest BCUT2D eigenvalue weighted by Gasteiger charge is -2.20. The van der Waals surface area contributed by atoms with Gasteiger partial charge in [0.05, 0.1) is 11.1 Å². The number of pyridine rings is 1. The van der Waals surface area contributed by atoms with Crippen LogP contribution in [0.25, 0.3) is 10.9 Å². The van der Waals surface area contributed by atoms with Gasteiger partial charge in [0.25, 0.3) is 5.91 Å². The number of likely N-dealkylation sites (tertiary alicyclic amines) is 1. The predicted octanol–water partition coefficient (Wildman–Crippen LogP) is 2.71. The van der Waals surface area contributed by atoms with Gasteiger partial charge in [-0.1, -0.05) is 18.2 Å². The third kappa shape index (κ3) is 3.18. The molecule has 0 bridgehead atoms. The van der Waals surface area contributed by atoms with E-state index >= 15 is 0 Å². The number of hydrogen-bond donors (Lipinski definition) is 0. The molecule has 5 heteroatoms. The Labute approximate surface area is 135 Å². The second-order valence-electron chi connectivity index (χ2n) is 5.91. The van der Waals surface area contributed by atoms with Crippen molar-refractivity contribution in [1.29, 1.82) is 0 Å². The lowest BCUT2D eigenvalue weighted by atomic mass is 10.1. The van der Waals surface area contributed by atoms with E-state index in [1.54, 1.807) is 17.9 Å². The molecule has 1 aliphatic heterocycles. The quantitative estimate of drug-likeness (QED) is 0.818. The number of esters is 1. The van der Waals surface area contributed by atoms with Crippen LogP contribution in [0.1, 0.15) is 35.8 Å².